The van der Waals surface area contributed by atoms with E-state index in [1.165, 1.54) is 50.3 Å². The first-order valence-corrected chi connectivity index (χ1v) is 13.5. The van der Waals surface area contributed by atoms with Crippen LogP contribution >= 0.6 is 11.3 Å². The number of aromatic nitrogens is 5. The first-order chi connectivity index (χ1) is 16.6. The predicted molar refractivity (Wildman–Crippen MR) is 140 cm³/mol. The van der Waals surface area contributed by atoms with Crippen LogP contribution < -0.4 is 0 Å². The molecule has 34 heavy (non-hydrogen) atoms. The molecule has 0 fully saturated rings. The van der Waals surface area contributed by atoms with Crippen LogP contribution in [0.25, 0.3) is 0 Å². The number of rotatable bonds is 17. The van der Waals surface area contributed by atoms with Gasteiger partial charge in [-0.3, -0.25) is 9.80 Å². The number of aromatic amines is 2. The van der Waals surface area contributed by atoms with E-state index < -0.39 is 0 Å². The molecule has 0 spiro atoms. The zero-order valence-corrected chi connectivity index (χ0v) is 22.2. The highest BCUT2D eigenvalue weighted by Crippen LogP contribution is 2.22. The summed E-state index contributed by atoms with van der Waals surface area (Å²) in [4.78, 5) is 27.7. The van der Waals surface area contributed by atoms with Gasteiger partial charge in [0.05, 0.1) is 24.8 Å². The molecule has 0 saturated carbocycles. The standard InChI is InChI=1S/C25H42N8S/c1-5-13-32(14-6-2)16-8-7-15-31(4)19-24-30-22(20-34-24)17-33(18-23-26-9-10-27-23)21(3)25-28-11-12-29-25/h9-12,20-21H,5-8,13-19H2,1-4H3,(H,26,27)(H,28,29). The highest BCUT2D eigenvalue weighted by atomic mass is 32.1. The van der Waals surface area contributed by atoms with Gasteiger partial charge in [0.25, 0.3) is 0 Å². The van der Waals surface area contributed by atoms with E-state index in [0.717, 1.165) is 37.0 Å². The van der Waals surface area contributed by atoms with Crippen molar-refractivity contribution in [3.63, 3.8) is 0 Å². The Bertz CT molecular complexity index is 886. The number of unbranched alkanes of at least 4 members (excludes halogenated alkanes) is 1. The second-order valence-corrected chi connectivity index (χ2v) is 10.1. The minimum absolute atomic E-state index is 0.132. The highest BCUT2D eigenvalue weighted by molar-refractivity contribution is 7.09. The summed E-state index contributed by atoms with van der Waals surface area (Å²) in [7, 11) is 2.21. The van der Waals surface area contributed by atoms with E-state index in [9.17, 15) is 0 Å². The summed E-state index contributed by atoms with van der Waals surface area (Å²) in [5, 5.41) is 3.38. The fraction of sp³-hybridized carbons (Fsp3) is 0.640. The lowest BCUT2D eigenvalue weighted by atomic mass is 10.2. The molecule has 0 aliphatic rings. The molecule has 0 aliphatic carbocycles. The van der Waals surface area contributed by atoms with Gasteiger partial charge in [-0.2, -0.15) is 0 Å². The van der Waals surface area contributed by atoms with Gasteiger partial charge in [-0.1, -0.05) is 13.8 Å². The van der Waals surface area contributed by atoms with E-state index in [2.05, 4.69) is 67.8 Å². The van der Waals surface area contributed by atoms with Gasteiger partial charge >= 0.3 is 0 Å². The van der Waals surface area contributed by atoms with Crippen LogP contribution in [0.5, 0.6) is 0 Å². The minimum Gasteiger partial charge on any atom is -0.348 e. The summed E-state index contributed by atoms with van der Waals surface area (Å²) in [6.45, 7) is 13.9. The van der Waals surface area contributed by atoms with Gasteiger partial charge in [-0.25, -0.2) is 15.0 Å². The van der Waals surface area contributed by atoms with Crippen molar-refractivity contribution < 1.29 is 0 Å². The number of thiazole rings is 1. The monoisotopic (exact) mass is 486 g/mol. The molecule has 0 saturated heterocycles. The Morgan fingerprint density at radius 2 is 1.65 bits per heavy atom. The second kappa shape index (κ2) is 14.4. The fourth-order valence-corrected chi connectivity index (χ4v) is 5.15. The summed E-state index contributed by atoms with van der Waals surface area (Å²) < 4.78 is 0. The third-order valence-corrected chi connectivity index (χ3v) is 6.97. The lowest BCUT2D eigenvalue weighted by Crippen LogP contribution is -2.28. The summed E-state index contributed by atoms with van der Waals surface area (Å²) in [6, 6.07) is 0.132. The first-order valence-electron chi connectivity index (χ1n) is 12.6. The molecular weight excluding hydrogens is 444 g/mol. The van der Waals surface area contributed by atoms with Crippen LogP contribution in [0.1, 0.15) is 74.8 Å². The topological polar surface area (TPSA) is 80.0 Å². The van der Waals surface area contributed by atoms with E-state index in [0.29, 0.717) is 6.54 Å². The van der Waals surface area contributed by atoms with E-state index in [1.807, 2.05) is 12.4 Å². The normalized spacial score (nSPS) is 12.9. The molecule has 0 bridgehead atoms. The molecule has 1 atom stereocenters. The van der Waals surface area contributed by atoms with Crippen LogP contribution in [-0.2, 0) is 19.6 Å². The number of hydrogen-bond donors (Lipinski definition) is 2. The van der Waals surface area contributed by atoms with Crippen LogP contribution in [0.3, 0.4) is 0 Å². The SMILES string of the molecule is CCCN(CCC)CCCCN(C)Cc1nc(CN(Cc2ncc[nH]2)C(C)c2ncc[nH]2)cs1. The maximum absolute atomic E-state index is 4.95. The van der Waals surface area contributed by atoms with E-state index >= 15 is 0 Å². The van der Waals surface area contributed by atoms with Gasteiger partial charge < -0.3 is 14.9 Å². The van der Waals surface area contributed by atoms with Gasteiger partial charge in [0.2, 0.25) is 0 Å². The molecule has 2 N–H and O–H groups in total. The number of hydrogen-bond acceptors (Lipinski definition) is 7. The molecule has 3 aromatic heterocycles. The van der Waals surface area contributed by atoms with Crippen LogP contribution in [0.4, 0.5) is 0 Å². The zero-order valence-electron chi connectivity index (χ0n) is 21.3. The average molecular weight is 487 g/mol. The Morgan fingerprint density at radius 1 is 0.912 bits per heavy atom. The van der Waals surface area contributed by atoms with Crippen molar-refractivity contribution in [3.8, 4) is 0 Å². The van der Waals surface area contributed by atoms with Crippen LogP contribution in [0.2, 0.25) is 0 Å². The third kappa shape index (κ3) is 8.61. The van der Waals surface area contributed by atoms with Crippen molar-refractivity contribution in [1.29, 1.82) is 0 Å². The minimum atomic E-state index is 0.132. The van der Waals surface area contributed by atoms with Crippen molar-refractivity contribution in [2.45, 2.75) is 72.1 Å². The summed E-state index contributed by atoms with van der Waals surface area (Å²) in [5.74, 6) is 1.91. The maximum Gasteiger partial charge on any atom is 0.123 e. The Labute approximate surface area is 208 Å². The van der Waals surface area contributed by atoms with Gasteiger partial charge in [0.15, 0.2) is 0 Å². The van der Waals surface area contributed by atoms with Crippen LogP contribution in [0.15, 0.2) is 30.2 Å². The number of nitrogens with one attached hydrogen (secondary N) is 2. The van der Waals surface area contributed by atoms with Gasteiger partial charge in [0.1, 0.15) is 16.7 Å². The molecule has 8 nitrogen and oxygen atoms in total. The molecule has 0 aliphatic heterocycles. The van der Waals surface area contributed by atoms with Gasteiger partial charge in [-0.15, -0.1) is 11.3 Å². The first kappa shape index (κ1) is 26.5. The predicted octanol–water partition coefficient (Wildman–Crippen LogP) is 4.69. The molecule has 9 heteroatoms. The third-order valence-electron chi connectivity index (χ3n) is 6.08. The van der Waals surface area contributed by atoms with Crippen LogP contribution in [-0.4, -0.2) is 72.8 Å². The van der Waals surface area contributed by atoms with Gasteiger partial charge in [-0.05, 0) is 65.8 Å². The van der Waals surface area contributed by atoms with E-state index in [1.54, 1.807) is 23.7 Å². The van der Waals surface area contributed by atoms with E-state index in [4.69, 9.17) is 4.98 Å². The summed E-state index contributed by atoms with van der Waals surface area (Å²) in [6.07, 6.45) is 12.3. The quantitative estimate of drug-likeness (QED) is 0.270. The molecule has 188 valence electrons. The summed E-state index contributed by atoms with van der Waals surface area (Å²) >= 11 is 1.76. The molecule has 0 aromatic carbocycles. The molecule has 1 unspecified atom stereocenters. The number of imidazole rings is 2. The average Bonchev–Trinajstić information content (AvgIpc) is 3.60. The van der Waals surface area contributed by atoms with E-state index in [-0.39, 0.29) is 6.04 Å². The van der Waals surface area contributed by atoms with Crippen molar-refractivity contribution in [3.05, 3.63) is 52.5 Å². The molecule has 3 aromatic rings. The largest absolute Gasteiger partial charge is 0.348 e. The molecular formula is C25H42N8S. The Balaban J connectivity index is 1.48. The lowest BCUT2D eigenvalue weighted by molar-refractivity contribution is 0.179. The zero-order chi connectivity index (χ0) is 24.2. The van der Waals surface area contributed by atoms with Crippen molar-refractivity contribution in [1.82, 2.24) is 39.6 Å². The van der Waals surface area contributed by atoms with Crippen LogP contribution in [0, 0.1) is 0 Å². The second-order valence-electron chi connectivity index (χ2n) is 9.11. The fourth-order valence-electron chi connectivity index (χ4n) is 4.28. The number of H-pyrrole nitrogens is 2. The number of nitrogens with zero attached hydrogens (tertiary/aromatic N) is 6. The Kier molecular flexibility index (Phi) is 11.2. The maximum atomic E-state index is 4.95. The van der Waals surface area contributed by atoms with Gasteiger partial charge in [0, 0.05) is 36.7 Å². The summed E-state index contributed by atoms with van der Waals surface area (Å²) in [5.41, 5.74) is 1.10. The Morgan fingerprint density at radius 3 is 2.32 bits per heavy atom. The van der Waals surface area contributed by atoms with Crippen molar-refractivity contribution in [2.75, 3.05) is 33.2 Å². The molecule has 3 heterocycles. The van der Waals surface area contributed by atoms with Crippen molar-refractivity contribution >= 4 is 11.3 Å². The molecule has 0 radical (unpaired) electrons. The Hall–Kier alpha value is -2.07. The lowest BCUT2D eigenvalue weighted by Gasteiger charge is -2.26. The smallest absolute Gasteiger partial charge is 0.123 e. The molecule has 0 amide bonds. The molecule has 3 rings (SSSR count). The van der Waals surface area contributed by atoms with Crippen molar-refractivity contribution in [2.24, 2.45) is 0 Å². The highest BCUT2D eigenvalue weighted by Gasteiger charge is 2.21.